The van der Waals surface area contributed by atoms with E-state index in [1.54, 1.807) is 13.2 Å². The highest BCUT2D eigenvalue weighted by Crippen LogP contribution is 2.10. The molecule has 8 heteroatoms. The molecule has 136 valence electrons. The number of hydrogen-bond donors (Lipinski definition) is 1. The number of carbonyl (C=O) groups is 1. The van der Waals surface area contributed by atoms with E-state index in [0.29, 0.717) is 19.0 Å². The van der Waals surface area contributed by atoms with Gasteiger partial charge in [0.15, 0.2) is 5.82 Å². The zero-order valence-electron chi connectivity index (χ0n) is 14.8. The molecule has 0 aliphatic carbocycles. The molecule has 0 saturated carbocycles. The van der Waals surface area contributed by atoms with Gasteiger partial charge in [0.25, 0.3) is 0 Å². The second-order valence-corrected chi connectivity index (χ2v) is 6.37. The molecule has 3 heterocycles. The predicted molar refractivity (Wildman–Crippen MR) is 90.5 cm³/mol. The summed E-state index contributed by atoms with van der Waals surface area (Å²) in [6.07, 6.45) is 2.62. The van der Waals surface area contributed by atoms with Gasteiger partial charge in [-0.1, -0.05) is 5.16 Å². The number of furan rings is 1. The van der Waals surface area contributed by atoms with Crippen LogP contribution in [0.4, 0.5) is 0 Å². The van der Waals surface area contributed by atoms with Crippen LogP contribution in [0.3, 0.4) is 0 Å². The average Bonchev–Trinajstić information content (AvgIpc) is 3.20. The standard InChI is InChI=1S/C17H25N5O3/c1-13(17(23)18-11-15-5-3-10-24-15)22-7-4-6-21(8-9-22)12-16-19-14(2)25-20-16/h3,5,10,13H,4,6-9,11-12H2,1-2H3,(H,18,23)/t13-/m0/s1. The van der Waals surface area contributed by atoms with Crippen molar-refractivity contribution in [3.05, 3.63) is 35.9 Å². The highest BCUT2D eigenvalue weighted by atomic mass is 16.5. The second kappa shape index (κ2) is 8.26. The first-order chi connectivity index (χ1) is 12.1. The monoisotopic (exact) mass is 347 g/mol. The number of nitrogens with one attached hydrogen (secondary N) is 1. The lowest BCUT2D eigenvalue weighted by atomic mass is 10.2. The van der Waals surface area contributed by atoms with Crippen LogP contribution in [0.25, 0.3) is 0 Å². The minimum Gasteiger partial charge on any atom is -0.467 e. The van der Waals surface area contributed by atoms with Gasteiger partial charge in [0.2, 0.25) is 11.8 Å². The van der Waals surface area contributed by atoms with Crippen molar-refractivity contribution in [1.29, 1.82) is 0 Å². The Balaban J connectivity index is 1.47. The van der Waals surface area contributed by atoms with E-state index in [0.717, 1.165) is 44.2 Å². The number of rotatable bonds is 6. The van der Waals surface area contributed by atoms with Gasteiger partial charge in [-0.05, 0) is 32.0 Å². The maximum Gasteiger partial charge on any atom is 0.237 e. The first kappa shape index (κ1) is 17.6. The summed E-state index contributed by atoms with van der Waals surface area (Å²) >= 11 is 0. The van der Waals surface area contributed by atoms with Crippen LogP contribution in [-0.4, -0.2) is 58.1 Å². The van der Waals surface area contributed by atoms with Crippen molar-refractivity contribution in [2.75, 3.05) is 26.2 Å². The van der Waals surface area contributed by atoms with E-state index in [-0.39, 0.29) is 11.9 Å². The first-order valence-corrected chi connectivity index (χ1v) is 8.67. The highest BCUT2D eigenvalue weighted by Gasteiger charge is 2.24. The third kappa shape index (κ3) is 4.90. The Morgan fingerprint density at radius 2 is 2.24 bits per heavy atom. The minimum atomic E-state index is -0.165. The van der Waals surface area contributed by atoms with Crippen molar-refractivity contribution in [2.24, 2.45) is 0 Å². The first-order valence-electron chi connectivity index (χ1n) is 8.67. The Morgan fingerprint density at radius 1 is 1.36 bits per heavy atom. The van der Waals surface area contributed by atoms with Crippen LogP contribution < -0.4 is 5.32 Å². The van der Waals surface area contributed by atoms with E-state index in [9.17, 15) is 4.79 Å². The van der Waals surface area contributed by atoms with Crippen LogP contribution in [0, 0.1) is 6.92 Å². The molecule has 1 aliphatic heterocycles. The maximum absolute atomic E-state index is 12.4. The zero-order chi connectivity index (χ0) is 17.6. The Labute approximate surface area is 147 Å². The lowest BCUT2D eigenvalue weighted by molar-refractivity contribution is -0.126. The van der Waals surface area contributed by atoms with Crippen molar-refractivity contribution >= 4 is 5.91 Å². The molecule has 8 nitrogen and oxygen atoms in total. The Bertz CT molecular complexity index is 670. The summed E-state index contributed by atoms with van der Waals surface area (Å²) in [5.74, 6) is 2.10. The smallest absolute Gasteiger partial charge is 0.237 e. The van der Waals surface area contributed by atoms with E-state index < -0.39 is 0 Å². The number of aryl methyl sites for hydroxylation is 1. The van der Waals surface area contributed by atoms with Crippen LogP contribution >= 0.6 is 0 Å². The lowest BCUT2D eigenvalue weighted by Crippen LogP contribution is -2.46. The van der Waals surface area contributed by atoms with E-state index in [2.05, 4.69) is 25.3 Å². The number of amides is 1. The molecule has 2 aromatic heterocycles. The highest BCUT2D eigenvalue weighted by molar-refractivity contribution is 5.81. The summed E-state index contributed by atoms with van der Waals surface area (Å²) in [5, 5.41) is 6.89. The topological polar surface area (TPSA) is 87.6 Å². The Morgan fingerprint density at radius 3 is 2.96 bits per heavy atom. The van der Waals surface area contributed by atoms with Crippen LogP contribution in [0.5, 0.6) is 0 Å². The van der Waals surface area contributed by atoms with Crippen LogP contribution in [0.2, 0.25) is 0 Å². The number of nitrogens with zero attached hydrogens (tertiary/aromatic N) is 4. The molecule has 1 N–H and O–H groups in total. The van der Waals surface area contributed by atoms with Gasteiger partial charge in [-0.15, -0.1) is 0 Å². The molecule has 25 heavy (non-hydrogen) atoms. The van der Waals surface area contributed by atoms with Crippen molar-refractivity contribution in [3.63, 3.8) is 0 Å². The Kier molecular flexibility index (Phi) is 5.83. The molecule has 1 amide bonds. The number of aromatic nitrogens is 2. The molecule has 1 aliphatic rings. The Hall–Kier alpha value is -2.19. The minimum absolute atomic E-state index is 0.0265. The third-order valence-electron chi connectivity index (χ3n) is 4.50. The number of hydrogen-bond acceptors (Lipinski definition) is 7. The summed E-state index contributed by atoms with van der Waals surface area (Å²) in [5.41, 5.74) is 0. The van der Waals surface area contributed by atoms with Gasteiger partial charge < -0.3 is 14.3 Å². The molecule has 0 aromatic carbocycles. The number of carbonyl (C=O) groups excluding carboxylic acids is 1. The molecule has 2 aromatic rings. The molecule has 0 bridgehead atoms. The fourth-order valence-corrected chi connectivity index (χ4v) is 3.04. The third-order valence-corrected chi connectivity index (χ3v) is 4.50. The van der Waals surface area contributed by atoms with E-state index in [4.69, 9.17) is 8.94 Å². The summed E-state index contributed by atoms with van der Waals surface area (Å²) in [7, 11) is 0. The second-order valence-electron chi connectivity index (χ2n) is 6.37. The molecular formula is C17H25N5O3. The maximum atomic E-state index is 12.4. The van der Waals surface area contributed by atoms with Gasteiger partial charge in [0, 0.05) is 26.6 Å². The van der Waals surface area contributed by atoms with Gasteiger partial charge >= 0.3 is 0 Å². The predicted octanol–water partition coefficient (Wildman–Crippen LogP) is 1.18. The fraction of sp³-hybridized carbons (Fsp3) is 0.588. The van der Waals surface area contributed by atoms with Crippen molar-refractivity contribution < 1.29 is 13.7 Å². The molecule has 3 rings (SSSR count). The van der Waals surface area contributed by atoms with Gasteiger partial charge in [-0.3, -0.25) is 14.6 Å². The molecule has 1 atom stereocenters. The summed E-state index contributed by atoms with van der Waals surface area (Å²) in [6, 6.07) is 3.51. The lowest BCUT2D eigenvalue weighted by Gasteiger charge is -2.26. The van der Waals surface area contributed by atoms with Crippen molar-refractivity contribution in [3.8, 4) is 0 Å². The van der Waals surface area contributed by atoms with Gasteiger partial charge in [-0.2, -0.15) is 4.98 Å². The van der Waals surface area contributed by atoms with Gasteiger partial charge in [-0.25, -0.2) is 0 Å². The van der Waals surface area contributed by atoms with E-state index in [1.165, 1.54) is 0 Å². The van der Waals surface area contributed by atoms with E-state index >= 15 is 0 Å². The largest absolute Gasteiger partial charge is 0.467 e. The van der Waals surface area contributed by atoms with Crippen molar-refractivity contribution in [2.45, 2.75) is 39.4 Å². The SMILES string of the molecule is Cc1nc(CN2CCCN([C@@H](C)C(=O)NCc3ccco3)CC2)no1. The fourth-order valence-electron chi connectivity index (χ4n) is 3.04. The normalized spacial score (nSPS) is 18.0. The summed E-state index contributed by atoms with van der Waals surface area (Å²) < 4.78 is 10.3. The molecular weight excluding hydrogens is 322 g/mol. The van der Waals surface area contributed by atoms with Crippen LogP contribution in [0.15, 0.2) is 27.3 Å². The summed E-state index contributed by atoms with van der Waals surface area (Å²) in [4.78, 5) is 21.2. The molecule has 0 radical (unpaired) electrons. The van der Waals surface area contributed by atoms with Crippen LogP contribution in [-0.2, 0) is 17.9 Å². The quantitative estimate of drug-likeness (QED) is 0.839. The molecule has 0 spiro atoms. The zero-order valence-corrected chi connectivity index (χ0v) is 14.8. The van der Waals surface area contributed by atoms with Gasteiger partial charge in [0.05, 0.1) is 25.4 Å². The van der Waals surface area contributed by atoms with Crippen LogP contribution in [0.1, 0.15) is 30.8 Å². The van der Waals surface area contributed by atoms with Gasteiger partial charge in [0.1, 0.15) is 5.76 Å². The van der Waals surface area contributed by atoms with Crippen molar-refractivity contribution in [1.82, 2.24) is 25.3 Å². The molecule has 1 fully saturated rings. The summed E-state index contributed by atoms with van der Waals surface area (Å²) in [6.45, 7) is 8.44. The molecule has 1 saturated heterocycles. The molecule has 0 unspecified atom stereocenters. The average molecular weight is 347 g/mol. The van der Waals surface area contributed by atoms with E-state index in [1.807, 2.05) is 19.1 Å².